The molecule has 0 unspecified atom stereocenters. The molecule has 3 amide bonds. The molecule has 2 N–H and O–H groups in total. The number of fused-ring (bicyclic) bond motifs is 1. The van der Waals surface area contributed by atoms with Crippen LogP contribution < -0.4 is 10.1 Å². The smallest absolute Gasteiger partial charge is 0.321 e. The molecule has 2 heterocycles. The molecule has 9 heteroatoms. The normalized spacial score (nSPS) is 18.1. The molecule has 3 rings (SSSR count). The van der Waals surface area contributed by atoms with E-state index in [0.29, 0.717) is 12.1 Å². The van der Waals surface area contributed by atoms with E-state index in [4.69, 9.17) is 4.74 Å². The molecule has 36 heavy (non-hydrogen) atoms. The monoisotopic (exact) mass is 496 g/mol. The van der Waals surface area contributed by atoms with Crippen molar-refractivity contribution in [2.75, 3.05) is 32.1 Å². The van der Waals surface area contributed by atoms with E-state index in [2.05, 4.69) is 22.1 Å². The fourth-order valence-electron chi connectivity index (χ4n) is 3.80. The molecule has 0 saturated carbocycles. The number of para-hydroxylation sites is 1. The molecule has 1 aliphatic heterocycles. The number of hydrogen-bond donors (Lipinski definition) is 2. The topological polar surface area (TPSA) is 95.0 Å². The Bertz CT molecular complexity index is 1150. The van der Waals surface area contributed by atoms with E-state index >= 15 is 0 Å². The summed E-state index contributed by atoms with van der Waals surface area (Å²) in [6.45, 7) is 5.98. The number of amides is 3. The van der Waals surface area contributed by atoms with Crippen LogP contribution in [0.2, 0.25) is 0 Å². The number of rotatable bonds is 6. The number of nitrogens with zero attached hydrogens (tertiary/aromatic N) is 3. The molecule has 0 aliphatic carbocycles. The molecule has 1 aromatic carbocycles. The number of benzene rings is 1. The second-order valence-electron chi connectivity index (χ2n) is 9.04. The number of pyridine rings is 1. The molecule has 1 aliphatic rings. The third-order valence-electron chi connectivity index (χ3n) is 6.04. The number of ether oxygens (including phenoxy) is 1. The van der Waals surface area contributed by atoms with Crippen molar-refractivity contribution in [3.8, 4) is 17.7 Å². The molecule has 1 aromatic heterocycles. The summed E-state index contributed by atoms with van der Waals surface area (Å²) < 4.78 is 20.2. The summed E-state index contributed by atoms with van der Waals surface area (Å²) in [5.41, 5.74) is 0.939. The summed E-state index contributed by atoms with van der Waals surface area (Å²) in [7, 11) is 1.59. The Kier molecular flexibility index (Phi) is 9.25. The lowest BCUT2D eigenvalue weighted by atomic mass is 10.00. The molecule has 0 fully saturated rings. The first-order valence-corrected chi connectivity index (χ1v) is 12.1. The van der Waals surface area contributed by atoms with Crippen LogP contribution in [0, 0.1) is 23.6 Å². The van der Waals surface area contributed by atoms with Crippen LogP contribution in [0.15, 0.2) is 36.5 Å². The summed E-state index contributed by atoms with van der Waals surface area (Å²) >= 11 is 0. The molecule has 0 saturated heterocycles. The molecule has 2 aromatic rings. The number of carbonyl (C=O) groups excluding carboxylic acids is 2. The lowest BCUT2D eigenvalue weighted by molar-refractivity contribution is 0.0356. The molecule has 0 bridgehead atoms. The van der Waals surface area contributed by atoms with Crippen LogP contribution in [0.4, 0.5) is 14.9 Å². The van der Waals surface area contributed by atoms with Gasteiger partial charge in [-0.1, -0.05) is 37.8 Å². The molecule has 3 atom stereocenters. The van der Waals surface area contributed by atoms with E-state index in [0.717, 1.165) is 12.8 Å². The van der Waals surface area contributed by atoms with Gasteiger partial charge >= 0.3 is 6.03 Å². The van der Waals surface area contributed by atoms with Crippen molar-refractivity contribution in [2.24, 2.45) is 5.92 Å². The number of carbonyl (C=O) groups is 2. The van der Waals surface area contributed by atoms with Gasteiger partial charge in [-0.05, 0) is 31.5 Å². The van der Waals surface area contributed by atoms with Gasteiger partial charge in [-0.25, -0.2) is 14.2 Å². The average Bonchev–Trinajstić information content (AvgIpc) is 2.87. The Balaban J connectivity index is 1.88. The maximum Gasteiger partial charge on any atom is 0.321 e. The van der Waals surface area contributed by atoms with Crippen molar-refractivity contribution in [1.29, 1.82) is 0 Å². The van der Waals surface area contributed by atoms with E-state index in [1.54, 1.807) is 43.3 Å². The predicted molar refractivity (Wildman–Crippen MR) is 135 cm³/mol. The van der Waals surface area contributed by atoms with Gasteiger partial charge in [0.1, 0.15) is 17.5 Å². The molecular formula is C27H33FN4O4. The van der Waals surface area contributed by atoms with Crippen LogP contribution in [0.3, 0.4) is 0 Å². The Morgan fingerprint density at radius 2 is 2.17 bits per heavy atom. The van der Waals surface area contributed by atoms with Crippen molar-refractivity contribution >= 4 is 17.6 Å². The number of anilines is 1. The van der Waals surface area contributed by atoms with Gasteiger partial charge in [0.2, 0.25) is 5.88 Å². The zero-order valence-electron chi connectivity index (χ0n) is 21.1. The number of nitrogens with one attached hydrogen (secondary N) is 1. The largest absolute Gasteiger partial charge is 0.472 e. The summed E-state index contributed by atoms with van der Waals surface area (Å²) in [4.78, 5) is 33.6. The lowest BCUT2D eigenvalue weighted by Crippen LogP contribution is -2.50. The van der Waals surface area contributed by atoms with Gasteiger partial charge in [0.05, 0.1) is 24.9 Å². The predicted octanol–water partition coefficient (Wildman–Crippen LogP) is 3.76. The Morgan fingerprint density at radius 1 is 1.42 bits per heavy atom. The van der Waals surface area contributed by atoms with Crippen LogP contribution >= 0.6 is 0 Å². The zero-order valence-corrected chi connectivity index (χ0v) is 21.1. The van der Waals surface area contributed by atoms with Crippen LogP contribution in [-0.4, -0.2) is 70.7 Å². The van der Waals surface area contributed by atoms with Crippen molar-refractivity contribution in [3.63, 3.8) is 0 Å². The Hall–Kier alpha value is -3.64. The van der Waals surface area contributed by atoms with Crippen LogP contribution in [-0.2, 0) is 0 Å². The van der Waals surface area contributed by atoms with Gasteiger partial charge in [0, 0.05) is 37.7 Å². The van der Waals surface area contributed by atoms with Crippen LogP contribution in [0.5, 0.6) is 5.88 Å². The third kappa shape index (κ3) is 6.52. The maximum atomic E-state index is 14.0. The highest BCUT2D eigenvalue weighted by molar-refractivity contribution is 5.97. The Labute approximate surface area is 211 Å². The summed E-state index contributed by atoms with van der Waals surface area (Å²) in [6.07, 6.45) is 2.70. The highest BCUT2D eigenvalue weighted by Crippen LogP contribution is 2.27. The molecule has 192 valence electrons. The number of unbranched alkanes of at least 4 members (excludes halogenated alkanes) is 1. The van der Waals surface area contributed by atoms with Gasteiger partial charge in [-0.15, -0.1) is 0 Å². The fraction of sp³-hybridized carbons (Fsp3) is 0.444. The number of aromatic nitrogens is 1. The average molecular weight is 497 g/mol. The minimum atomic E-state index is -0.530. The van der Waals surface area contributed by atoms with Gasteiger partial charge in [0.25, 0.3) is 5.91 Å². The molecule has 0 spiro atoms. The minimum Gasteiger partial charge on any atom is -0.472 e. The zero-order chi connectivity index (χ0) is 26.2. The van der Waals surface area contributed by atoms with E-state index in [-0.39, 0.29) is 42.1 Å². The molecule has 0 radical (unpaired) electrons. The number of aliphatic hydroxyl groups is 1. The first-order chi connectivity index (χ1) is 17.2. The number of hydrogen-bond acceptors (Lipinski definition) is 5. The summed E-state index contributed by atoms with van der Waals surface area (Å²) in [5, 5.41) is 12.4. The van der Waals surface area contributed by atoms with E-state index in [1.165, 1.54) is 17.0 Å². The minimum absolute atomic E-state index is 0.0817. The van der Waals surface area contributed by atoms with Crippen molar-refractivity contribution in [1.82, 2.24) is 14.8 Å². The molecular weight excluding hydrogens is 463 g/mol. The van der Waals surface area contributed by atoms with Crippen molar-refractivity contribution < 1.29 is 23.8 Å². The number of likely N-dealkylation sites (N-methyl/N-ethyl adjacent to an activating group) is 1. The van der Waals surface area contributed by atoms with Crippen LogP contribution in [0.25, 0.3) is 0 Å². The standard InChI is InChI=1S/C27H33FN4O4/c1-5-6-7-10-20-13-21-25(29-14-20)36-24(18(2)15-32(26(21)34)19(3)17-33)16-31(4)27(35)30-23-12-9-8-11-22(23)28/h8-9,11-14,18-19,24,33H,5-6,15-17H2,1-4H3,(H,30,35)/t18-,19+,24-/m0/s1. The highest BCUT2D eigenvalue weighted by atomic mass is 19.1. The van der Waals surface area contributed by atoms with E-state index < -0.39 is 24.0 Å². The number of aliphatic hydroxyl groups excluding tert-OH is 1. The van der Waals surface area contributed by atoms with Gasteiger partial charge in [0.15, 0.2) is 0 Å². The quantitative estimate of drug-likeness (QED) is 0.594. The third-order valence-corrected chi connectivity index (χ3v) is 6.04. The maximum absolute atomic E-state index is 14.0. The van der Waals surface area contributed by atoms with Gasteiger partial charge in [-0.2, -0.15) is 0 Å². The van der Waals surface area contributed by atoms with Crippen molar-refractivity contribution in [3.05, 3.63) is 53.5 Å². The van der Waals surface area contributed by atoms with Gasteiger partial charge < -0.3 is 25.0 Å². The Morgan fingerprint density at radius 3 is 2.86 bits per heavy atom. The number of halogens is 1. The summed E-state index contributed by atoms with van der Waals surface area (Å²) in [6, 6.07) is 6.67. The first kappa shape index (κ1) is 27.0. The SMILES string of the molecule is CCCC#Cc1cnc2c(c1)C(=O)N([C@H](C)CO)C[C@H](C)[C@H](CN(C)C(=O)Nc1ccccc1F)O2. The summed E-state index contributed by atoms with van der Waals surface area (Å²) in [5.74, 6) is 5.19. The number of urea groups is 1. The van der Waals surface area contributed by atoms with Crippen LogP contribution in [0.1, 0.15) is 49.5 Å². The molecule has 8 nitrogen and oxygen atoms in total. The second kappa shape index (κ2) is 12.4. The first-order valence-electron chi connectivity index (χ1n) is 12.1. The van der Waals surface area contributed by atoms with E-state index in [9.17, 15) is 19.1 Å². The second-order valence-corrected chi connectivity index (χ2v) is 9.04. The fourth-order valence-corrected chi connectivity index (χ4v) is 3.80. The lowest BCUT2D eigenvalue weighted by Gasteiger charge is -2.37. The van der Waals surface area contributed by atoms with Crippen molar-refractivity contribution in [2.45, 2.75) is 45.8 Å². The van der Waals surface area contributed by atoms with Gasteiger partial charge in [-0.3, -0.25) is 4.79 Å². The van der Waals surface area contributed by atoms with E-state index in [1.807, 2.05) is 13.8 Å². The highest BCUT2D eigenvalue weighted by Gasteiger charge is 2.34.